The van der Waals surface area contributed by atoms with Gasteiger partial charge in [-0.15, -0.1) is 0 Å². The Labute approximate surface area is 243 Å². The maximum absolute atomic E-state index is 13.6. The first-order chi connectivity index (χ1) is 17.6. The average Bonchev–Trinajstić information content (AvgIpc) is 3.18. The fraction of sp³-hybridized carbons (Fsp3) is 0.933. The van der Waals surface area contributed by atoms with Crippen LogP contribution in [-0.2, 0) is 14.3 Å². The molecule has 0 heterocycles. The number of fused-ring (bicyclic) bond motifs is 5. The molecule has 4 fully saturated rings. The molecule has 9 heteroatoms. The number of hydrogen-bond donors (Lipinski definition) is 1. The van der Waals surface area contributed by atoms with Crippen molar-refractivity contribution in [2.75, 3.05) is 0 Å². The molecule has 1 N–H and O–H groups in total. The number of alkyl halides is 3. The van der Waals surface area contributed by atoms with Crippen molar-refractivity contribution >= 4 is 11.9 Å². The van der Waals surface area contributed by atoms with Crippen molar-refractivity contribution in [2.24, 2.45) is 46.3 Å². The van der Waals surface area contributed by atoms with Crippen molar-refractivity contribution < 1.29 is 56.6 Å². The quantitative estimate of drug-likeness (QED) is 0.285. The van der Waals surface area contributed by atoms with E-state index in [1.54, 1.807) is 0 Å². The van der Waals surface area contributed by atoms with Crippen molar-refractivity contribution in [1.29, 1.82) is 0 Å². The maximum Gasteiger partial charge on any atom is 1.00 e. The van der Waals surface area contributed by atoms with Gasteiger partial charge in [0, 0.05) is 12.4 Å². The topological polar surface area (TPSA) is 86.7 Å². The molecule has 4 rings (SSSR count). The van der Waals surface area contributed by atoms with Gasteiger partial charge in [-0.05, 0) is 130 Å². The van der Waals surface area contributed by atoms with Crippen LogP contribution in [0, 0.1) is 46.3 Å². The van der Waals surface area contributed by atoms with Gasteiger partial charge >= 0.3 is 31.0 Å². The Morgan fingerprint density at radius 3 is 2.23 bits per heavy atom. The zero-order valence-electron chi connectivity index (χ0n) is 24.4. The molecule has 0 saturated heterocycles. The fourth-order valence-electron chi connectivity index (χ4n) is 9.65. The van der Waals surface area contributed by atoms with E-state index in [1.165, 1.54) is 0 Å². The zero-order chi connectivity index (χ0) is 28.1. The van der Waals surface area contributed by atoms with E-state index in [4.69, 9.17) is 4.74 Å². The molecular weight excluding hydrogens is 504 g/mol. The van der Waals surface area contributed by atoms with Crippen LogP contribution in [0.4, 0.5) is 13.2 Å². The van der Waals surface area contributed by atoms with Crippen LogP contribution >= 0.6 is 0 Å². The Bertz CT molecular complexity index is 898. The second kappa shape index (κ2) is 11.9. The number of carboxylic acids is 1. The molecule has 0 aliphatic heterocycles. The summed E-state index contributed by atoms with van der Waals surface area (Å²) < 4.78 is 46.7. The number of ether oxygens (including phenoxy) is 1. The predicted molar refractivity (Wildman–Crippen MR) is 134 cm³/mol. The predicted octanol–water partition coefficient (Wildman–Crippen LogP) is 2.82. The molecule has 4 aliphatic carbocycles. The number of halogens is 3. The third-order valence-corrected chi connectivity index (χ3v) is 12.0. The van der Waals surface area contributed by atoms with Crippen LogP contribution in [0.25, 0.3) is 0 Å². The van der Waals surface area contributed by atoms with Crippen molar-refractivity contribution in [2.45, 2.75) is 129 Å². The molecule has 0 bridgehead atoms. The number of esters is 1. The first kappa shape index (κ1) is 32.8. The third kappa shape index (κ3) is 6.09. The molecule has 0 aromatic carbocycles. The van der Waals surface area contributed by atoms with E-state index in [-0.39, 0.29) is 79.3 Å². The fourth-order valence-corrected chi connectivity index (χ4v) is 9.65. The van der Waals surface area contributed by atoms with E-state index in [2.05, 4.69) is 20.8 Å². The molecule has 4 saturated carbocycles. The third-order valence-electron chi connectivity index (χ3n) is 12.0. The van der Waals surface area contributed by atoms with Crippen molar-refractivity contribution in [3.05, 3.63) is 0 Å². The zero-order valence-corrected chi connectivity index (χ0v) is 24.4. The molecule has 0 unspecified atom stereocenters. The molecule has 0 spiro atoms. The van der Waals surface area contributed by atoms with Gasteiger partial charge in [0.05, 0.1) is 0 Å². The monoisotopic (exact) mass is 550 g/mol. The summed E-state index contributed by atoms with van der Waals surface area (Å²) in [4.78, 5) is 22.9. The second-order valence-corrected chi connectivity index (χ2v) is 13.8. The van der Waals surface area contributed by atoms with E-state index in [9.17, 15) is 33.0 Å². The first-order valence-electron chi connectivity index (χ1n) is 14.8. The SMILES string of the molecule is C[C@@H]([C@H]1CC[C@H]2[C@@H]3CC[C@@H]4C[C@@](O)(C(F)(F)F)CC[C@]4(C)[C@H]3CC[C@]12C)[C@@H](C)OC(=O)CCCCC(=O)[O-].[Li+]. The van der Waals surface area contributed by atoms with Crippen molar-refractivity contribution in [3.8, 4) is 0 Å². The Hall–Kier alpha value is -0.713. The number of aliphatic carboxylic acids is 1. The van der Waals surface area contributed by atoms with E-state index < -0.39 is 17.7 Å². The molecule has 10 atom stereocenters. The van der Waals surface area contributed by atoms with Crippen LogP contribution in [0.1, 0.15) is 111 Å². The van der Waals surface area contributed by atoms with E-state index in [0.717, 1.165) is 38.5 Å². The Morgan fingerprint density at radius 1 is 0.949 bits per heavy atom. The Morgan fingerprint density at radius 2 is 1.59 bits per heavy atom. The summed E-state index contributed by atoms with van der Waals surface area (Å²) in [5, 5.41) is 21.0. The summed E-state index contributed by atoms with van der Waals surface area (Å²) in [6.45, 7) is 8.74. The normalized spacial score (nSPS) is 41.3. The minimum absolute atomic E-state index is 0. The van der Waals surface area contributed by atoms with Crippen LogP contribution in [0.3, 0.4) is 0 Å². The minimum Gasteiger partial charge on any atom is -0.550 e. The van der Waals surface area contributed by atoms with Crippen LogP contribution in [0.15, 0.2) is 0 Å². The minimum atomic E-state index is -4.57. The Balaban J connectivity index is 0.00000420. The van der Waals surface area contributed by atoms with E-state index in [1.807, 2.05) is 6.92 Å². The van der Waals surface area contributed by atoms with Crippen molar-refractivity contribution in [3.63, 3.8) is 0 Å². The summed E-state index contributed by atoms with van der Waals surface area (Å²) in [5.74, 6) is 0.575. The number of unbranched alkanes of at least 4 members (excludes halogenated alkanes) is 1. The standard InChI is InChI=1S/C30H47F3O5.Li/c1-18(19(2)38-26(36)8-6-5-7-25(34)35)22-11-12-23-21-10-9-20-17-29(37,30(31,32)33)16-15-27(20,3)24(21)13-14-28(22,23)4;/h18-24,37H,5-17H2,1-4H3,(H,34,35);/q;+1/p-1/t18-,19-,20-,21+,22-,23+,24+,27+,28-,29-;/m1./s1. The molecule has 0 aromatic rings. The molecule has 5 nitrogen and oxygen atoms in total. The molecule has 0 amide bonds. The number of carbonyl (C=O) groups excluding carboxylic acids is 2. The molecule has 0 aromatic heterocycles. The summed E-state index contributed by atoms with van der Waals surface area (Å²) in [5.41, 5.74) is -2.56. The largest absolute Gasteiger partial charge is 1.00 e. The van der Waals surface area contributed by atoms with Gasteiger partial charge in [0.25, 0.3) is 0 Å². The maximum atomic E-state index is 13.6. The van der Waals surface area contributed by atoms with Crippen LogP contribution in [-0.4, -0.2) is 34.9 Å². The average molecular weight is 551 g/mol. The summed E-state index contributed by atoms with van der Waals surface area (Å²) in [6, 6.07) is 0. The summed E-state index contributed by atoms with van der Waals surface area (Å²) >= 11 is 0. The first-order valence-corrected chi connectivity index (χ1v) is 14.8. The van der Waals surface area contributed by atoms with Gasteiger partial charge in [-0.25, -0.2) is 0 Å². The van der Waals surface area contributed by atoms with Gasteiger partial charge in [-0.3, -0.25) is 4.79 Å². The molecule has 0 radical (unpaired) electrons. The summed E-state index contributed by atoms with van der Waals surface area (Å²) in [6.07, 6.45) is 2.29. The van der Waals surface area contributed by atoms with E-state index >= 15 is 0 Å². The smallest absolute Gasteiger partial charge is 0.550 e. The van der Waals surface area contributed by atoms with Gasteiger partial charge in [-0.2, -0.15) is 13.2 Å². The summed E-state index contributed by atoms with van der Waals surface area (Å²) in [7, 11) is 0. The van der Waals surface area contributed by atoms with Crippen molar-refractivity contribution in [1.82, 2.24) is 0 Å². The van der Waals surface area contributed by atoms with Gasteiger partial charge in [0.2, 0.25) is 0 Å². The number of rotatable bonds is 8. The molecule has 39 heavy (non-hydrogen) atoms. The van der Waals surface area contributed by atoms with Crippen LogP contribution in [0.2, 0.25) is 0 Å². The Kier molecular flexibility index (Phi) is 9.99. The number of hydrogen-bond acceptors (Lipinski definition) is 5. The van der Waals surface area contributed by atoms with Gasteiger partial charge in [0.15, 0.2) is 5.60 Å². The van der Waals surface area contributed by atoms with Gasteiger partial charge < -0.3 is 19.7 Å². The molecule has 4 aliphatic rings. The van der Waals surface area contributed by atoms with Gasteiger partial charge in [-0.1, -0.05) is 20.8 Å². The van der Waals surface area contributed by atoms with Crippen LogP contribution in [0.5, 0.6) is 0 Å². The molecule has 218 valence electrons. The van der Waals surface area contributed by atoms with Crippen LogP contribution < -0.4 is 24.0 Å². The number of carbonyl (C=O) groups is 2. The number of aliphatic hydroxyl groups is 1. The molecular formula is C30H46F3LiO5. The second-order valence-electron chi connectivity index (χ2n) is 13.8. The van der Waals surface area contributed by atoms with Gasteiger partial charge in [0.1, 0.15) is 6.10 Å². The number of carboxylic acid groups (broad SMARTS) is 1. The van der Waals surface area contributed by atoms with E-state index in [0.29, 0.717) is 42.9 Å².